The van der Waals surface area contributed by atoms with Crippen LogP contribution in [0, 0.1) is 19.6 Å². The molecule has 1 heterocycles. The first-order valence-electron chi connectivity index (χ1n) is 21.8. The molecule has 4 rings (SSSR count). The molecule has 1 aliphatic rings. The van der Waals surface area contributed by atoms with Crippen molar-refractivity contribution in [2.24, 2.45) is 5.92 Å². The highest BCUT2D eigenvalue weighted by Gasteiger charge is 2.35. The van der Waals surface area contributed by atoms with Gasteiger partial charge in [-0.15, -0.1) is 0 Å². The lowest BCUT2D eigenvalue weighted by Crippen LogP contribution is -2.59. The highest BCUT2D eigenvalue weighted by molar-refractivity contribution is 5.87. The van der Waals surface area contributed by atoms with Crippen molar-refractivity contribution in [3.8, 4) is 5.75 Å². The fourth-order valence-electron chi connectivity index (χ4n) is 4.98. The molecular formula is C37H48N4O5. The molecule has 4 N–H and O–H groups in total. The molecule has 4 atom stereocenters. The maximum Gasteiger partial charge on any atom is 0.318 e. The van der Waals surface area contributed by atoms with Crippen LogP contribution in [0.25, 0.3) is 0 Å². The largest absolute Gasteiger partial charge is 0.483 e. The van der Waals surface area contributed by atoms with Crippen LogP contribution in [-0.4, -0.2) is 71.7 Å². The lowest BCUT2D eigenvalue weighted by molar-refractivity contribution is -0.128. The van der Waals surface area contributed by atoms with Gasteiger partial charge in [-0.05, 0) is 67.5 Å². The molecular weight excluding hydrogens is 580 g/mol. The molecule has 0 aromatic heterocycles. The van der Waals surface area contributed by atoms with E-state index in [4.69, 9.17) is 21.2 Å². The summed E-state index contributed by atoms with van der Waals surface area (Å²) in [6.07, 6.45) is -8.29. The first-order chi connectivity index (χ1) is 27.5. The number of hydrogen-bond acceptors (Lipinski definition) is 5. The predicted octanol–water partition coefficient (Wildman–Crippen LogP) is 4.33. The number of para-hydroxylation sites is 1. The Morgan fingerprint density at radius 3 is 2.28 bits per heavy atom. The minimum Gasteiger partial charge on any atom is -0.483 e. The fraction of sp³-hybridized carbons (Fsp3) is 0.432. The molecule has 246 valence electrons. The van der Waals surface area contributed by atoms with E-state index in [1.165, 1.54) is 44.2 Å². The van der Waals surface area contributed by atoms with Gasteiger partial charge in [-0.1, -0.05) is 92.7 Å². The van der Waals surface area contributed by atoms with Crippen LogP contribution in [0.15, 0.2) is 78.9 Å². The van der Waals surface area contributed by atoms with Gasteiger partial charge >= 0.3 is 6.03 Å². The zero-order valence-electron chi connectivity index (χ0n) is 39.5. The number of benzene rings is 3. The summed E-state index contributed by atoms with van der Waals surface area (Å²) < 4.78 is 121. The first kappa shape index (κ1) is 20.0. The third kappa shape index (κ3) is 9.81. The summed E-state index contributed by atoms with van der Waals surface area (Å²) in [5, 5.41) is 18.8. The molecule has 0 radical (unpaired) electrons. The topological polar surface area (TPSA) is 120 Å². The molecule has 4 amide bonds. The Labute approximate surface area is 292 Å². The van der Waals surface area contributed by atoms with E-state index in [1.54, 1.807) is 41.7 Å². The molecule has 0 bridgehead atoms. The molecule has 46 heavy (non-hydrogen) atoms. The van der Waals surface area contributed by atoms with Crippen molar-refractivity contribution in [3.05, 3.63) is 101 Å². The quantitative estimate of drug-likeness (QED) is 0.197. The Hall–Kier alpha value is -4.37. The number of rotatable bonds is 15. The number of aliphatic hydroxyl groups is 1. The highest BCUT2D eigenvalue weighted by Crippen LogP contribution is 2.22. The third-order valence-corrected chi connectivity index (χ3v) is 7.19. The van der Waals surface area contributed by atoms with Crippen molar-refractivity contribution in [3.63, 3.8) is 0 Å². The minimum atomic E-state index is -3.40. The van der Waals surface area contributed by atoms with E-state index in [1.807, 2.05) is 0 Å². The predicted molar refractivity (Wildman–Crippen MR) is 180 cm³/mol. The van der Waals surface area contributed by atoms with Crippen molar-refractivity contribution < 1.29 is 43.4 Å². The Bertz CT molecular complexity index is 1950. The van der Waals surface area contributed by atoms with Gasteiger partial charge in [-0.25, -0.2) is 4.79 Å². The van der Waals surface area contributed by atoms with Gasteiger partial charge < -0.3 is 30.7 Å². The van der Waals surface area contributed by atoms with Gasteiger partial charge in [0.15, 0.2) is 6.61 Å². The normalized spacial score (nSPS) is 24.4. The summed E-state index contributed by atoms with van der Waals surface area (Å²) in [6, 6.07) is 13.3. The maximum absolute atomic E-state index is 14.3. The molecule has 0 unspecified atom stereocenters. The summed E-state index contributed by atoms with van der Waals surface area (Å²) in [7, 11) is 0. The van der Waals surface area contributed by atoms with Crippen molar-refractivity contribution in [2.45, 2.75) is 77.4 Å². The Balaban J connectivity index is 1.70. The number of carbonyl (C=O) groups excluding carboxylic acids is 3. The van der Waals surface area contributed by atoms with Crippen LogP contribution in [0.5, 0.6) is 5.75 Å². The number of amides is 4. The Morgan fingerprint density at radius 2 is 1.65 bits per heavy atom. The molecule has 1 fully saturated rings. The lowest BCUT2D eigenvalue weighted by atomic mass is 9.92. The number of aryl methyl sites for hydroxylation is 2. The van der Waals surface area contributed by atoms with Crippen molar-refractivity contribution in [1.82, 2.24) is 20.9 Å². The molecule has 0 spiro atoms. The van der Waals surface area contributed by atoms with Crippen LogP contribution in [0.4, 0.5) is 4.79 Å². The molecule has 0 aliphatic carbocycles. The van der Waals surface area contributed by atoms with Gasteiger partial charge in [0, 0.05) is 38.2 Å². The van der Waals surface area contributed by atoms with Gasteiger partial charge in [0.2, 0.25) is 5.91 Å². The van der Waals surface area contributed by atoms with E-state index < -0.39 is 117 Å². The van der Waals surface area contributed by atoms with Crippen molar-refractivity contribution >= 4 is 17.8 Å². The number of hydrogen-bond donors (Lipinski definition) is 4. The highest BCUT2D eigenvalue weighted by atomic mass is 16.5. The maximum atomic E-state index is 14.3. The zero-order chi connectivity index (χ0) is 45.2. The molecule has 3 aromatic rings. The zero-order valence-corrected chi connectivity index (χ0v) is 25.5. The molecule has 1 saturated heterocycles. The molecule has 9 heteroatoms. The second kappa shape index (κ2) is 16.8. The summed E-state index contributed by atoms with van der Waals surface area (Å²) >= 11 is 0. The summed E-state index contributed by atoms with van der Waals surface area (Å²) in [5.41, 5.74) is -0.263. The number of nitrogens with one attached hydrogen (secondary N) is 3. The number of carbonyl (C=O) groups is 3. The average Bonchev–Trinajstić information content (AvgIpc) is 3.14. The second-order valence-corrected chi connectivity index (χ2v) is 11.1. The Morgan fingerprint density at radius 1 is 1.00 bits per heavy atom. The fourth-order valence-corrected chi connectivity index (χ4v) is 4.98. The molecule has 9 nitrogen and oxygen atoms in total. The van der Waals surface area contributed by atoms with E-state index in [0.29, 0.717) is 5.56 Å². The van der Waals surface area contributed by atoms with E-state index >= 15 is 0 Å². The average molecular weight is 643 g/mol. The molecule has 1 aliphatic heterocycles. The number of aliphatic hydroxyl groups excluding tert-OH is 1. The smallest absolute Gasteiger partial charge is 0.318 e. The summed E-state index contributed by atoms with van der Waals surface area (Å²) in [6.45, 7) is -10.3. The SMILES string of the molecule is [2H]C([2H])([2H])c1cccc(C([2H])([2H])[2H])c1OCC(=O)N[C@@H](Cc1ccccc1)[C@@H](O)C[C@@H](NC(=O)[C@H](C(C)C)N1C(=O)NC([2H])([2H])C([2H])([2H])C1([2H])[2H])C([2H])([2H])c1ccccc1. The van der Waals surface area contributed by atoms with Crippen LogP contribution in [0.2, 0.25) is 0 Å². The van der Waals surface area contributed by atoms with E-state index in [9.17, 15) is 22.2 Å². The monoisotopic (exact) mass is 642 g/mol. The van der Waals surface area contributed by atoms with Gasteiger partial charge in [-0.2, -0.15) is 0 Å². The van der Waals surface area contributed by atoms with Crippen LogP contribution in [-0.2, 0) is 22.4 Å². The van der Waals surface area contributed by atoms with E-state index in [2.05, 4.69) is 10.6 Å². The van der Waals surface area contributed by atoms with Crippen molar-refractivity contribution in [1.29, 1.82) is 0 Å². The second-order valence-electron chi connectivity index (χ2n) is 11.1. The summed E-state index contributed by atoms with van der Waals surface area (Å²) in [5.74, 6) is -3.58. The van der Waals surface area contributed by atoms with Gasteiger partial charge in [0.05, 0.1) is 12.1 Å². The van der Waals surface area contributed by atoms with E-state index in [0.717, 1.165) is 12.1 Å². The van der Waals surface area contributed by atoms with Gasteiger partial charge in [0.25, 0.3) is 5.91 Å². The van der Waals surface area contributed by atoms with Crippen molar-refractivity contribution in [2.75, 3.05) is 19.6 Å². The molecule has 0 saturated carbocycles. The summed E-state index contributed by atoms with van der Waals surface area (Å²) in [4.78, 5) is 41.3. The minimum absolute atomic E-state index is 0.0363. The van der Waals surface area contributed by atoms with Crippen LogP contribution in [0.1, 0.15) is 68.1 Å². The van der Waals surface area contributed by atoms with Crippen LogP contribution < -0.4 is 20.7 Å². The van der Waals surface area contributed by atoms with E-state index in [-0.39, 0.29) is 16.9 Å². The van der Waals surface area contributed by atoms with Crippen LogP contribution in [0.3, 0.4) is 0 Å². The number of urea groups is 1. The first-order valence-corrected chi connectivity index (χ1v) is 14.8. The Kier molecular flexibility index (Phi) is 7.30. The number of nitrogens with zero attached hydrogens (tertiary/aromatic N) is 1. The standard InChI is InChI=1S/C37H48N4O5/c1-25(2)34(41-20-12-19-38-37(41)45)36(44)39-30(21-28-15-7-5-8-16-28)23-32(42)31(22-29-17-9-6-10-18-29)40-33(43)24-46-35-26(3)13-11-14-27(35)4/h5-11,13-18,25,30-32,34,42H,12,19-24H2,1-4H3,(H,38,45)(H,39,44)(H,40,43)/t30-,31-,32-,34-/m0/s1/i3D3,4D3,12D2,19D2,20D2,21D2. The number of ether oxygens (including phenoxy) is 1. The third-order valence-electron chi connectivity index (χ3n) is 7.19. The van der Waals surface area contributed by atoms with Crippen LogP contribution >= 0.6 is 0 Å². The molecule has 3 aromatic carbocycles. The van der Waals surface area contributed by atoms with Gasteiger partial charge in [-0.3, -0.25) is 9.59 Å². The van der Waals surface area contributed by atoms with Gasteiger partial charge in [0.1, 0.15) is 11.8 Å². The lowest BCUT2D eigenvalue weighted by Gasteiger charge is -2.37.